The van der Waals surface area contributed by atoms with Crippen LogP contribution in [0.15, 0.2) is 54.6 Å². The monoisotopic (exact) mass is 315 g/mol. The summed E-state index contributed by atoms with van der Waals surface area (Å²) in [4.78, 5) is 23.2. The molecule has 0 radical (unpaired) electrons. The van der Waals surface area contributed by atoms with Gasteiger partial charge in [0.25, 0.3) is 5.91 Å². The molecule has 2 aromatic rings. The molecule has 0 aliphatic heterocycles. The maximum Gasteiger partial charge on any atom is 0.338 e. The number of esters is 1. The second kappa shape index (κ2) is 8.43. The van der Waals surface area contributed by atoms with Gasteiger partial charge in [-0.2, -0.15) is 0 Å². The summed E-state index contributed by atoms with van der Waals surface area (Å²) in [6.07, 6.45) is 0. The second-order valence-electron chi connectivity index (χ2n) is 4.63. The summed E-state index contributed by atoms with van der Waals surface area (Å²) >= 11 is 0. The molecule has 0 aromatic heterocycles. The minimum Gasteiger partial charge on any atom is -0.508 e. The van der Waals surface area contributed by atoms with Crippen LogP contribution in [0.4, 0.5) is 0 Å². The minimum absolute atomic E-state index is 0.0534. The van der Waals surface area contributed by atoms with E-state index in [-0.39, 0.29) is 17.9 Å². The van der Waals surface area contributed by atoms with E-state index in [9.17, 15) is 9.59 Å². The zero-order valence-corrected chi connectivity index (χ0v) is 12.4. The molecule has 0 spiro atoms. The molecule has 1 amide bonds. The predicted molar refractivity (Wildman–Crippen MR) is 83.3 cm³/mol. The molecule has 2 aromatic carbocycles. The fourth-order valence-electron chi connectivity index (χ4n) is 1.74. The first kappa shape index (κ1) is 16.4. The number of nitrogens with one attached hydrogen (secondary N) is 1. The van der Waals surface area contributed by atoms with Gasteiger partial charge in [0.05, 0.1) is 12.1 Å². The van der Waals surface area contributed by atoms with E-state index in [0.29, 0.717) is 13.2 Å². The minimum atomic E-state index is -0.624. The fraction of sp³-hybridized carbons (Fsp3) is 0.176. The number of rotatable bonds is 7. The van der Waals surface area contributed by atoms with Gasteiger partial charge in [-0.25, -0.2) is 4.79 Å². The van der Waals surface area contributed by atoms with E-state index in [4.69, 9.17) is 14.6 Å². The number of carbonyl (C=O) groups excluding carboxylic acids is 2. The van der Waals surface area contributed by atoms with Crippen LogP contribution in [-0.4, -0.2) is 36.7 Å². The Labute approximate surface area is 133 Å². The van der Waals surface area contributed by atoms with E-state index in [0.717, 1.165) is 5.75 Å². The molecule has 0 heterocycles. The third-order valence-corrected chi connectivity index (χ3v) is 2.87. The third-order valence-electron chi connectivity index (χ3n) is 2.87. The van der Waals surface area contributed by atoms with E-state index in [2.05, 4.69) is 5.32 Å². The highest BCUT2D eigenvalue weighted by Gasteiger charge is 2.09. The molecular weight excluding hydrogens is 298 g/mol. The molecule has 0 aliphatic carbocycles. The van der Waals surface area contributed by atoms with Crippen LogP contribution in [0.2, 0.25) is 0 Å². The van der Waals surface area contributed by atoms with Gasteiger partial charge in [0, 0.05) is 0 Å². The van der Waals surface area contributed by atoms with Crippen LogP contribution in [-0.2, 0) is 9.53 Å². The molecule has 0 fully saturated rings. The van der Waals surface area contributed by atoms with Crippen LogP contribution in [0.25, 0.3) is 0 Å². The van der Waals surface area contributed by atoms with Crippen LogP contribution in [0.3, 0.4) is 0 Å². The van der Waals surface area contributed by atoms with Crippen LogP contribution < -0.4 is 10.1 Å². The Morgan fingerprint density at radius 2 is 1.70 bits per heavy atom. The summed E-state index contributed by atoms with van der Waals surface area (Å²) in [5.74, 6) is -0.257. The Morgan fingerprint density at radius 3 is 2.39 bits per heavy atom. The lowest BCUT2D eigenvalue weighted by molar-refractivity contribution is -0.124. The molecule has 23 heavy (non-hydrogen) atoms. The lowest BCUT2D eigenvalue weighted by atomic mass is 10.2. The number of aromatic hydroxyl groups is 1. The Kier molecular flexibility index (Phi) is 5.99. The molecule has 2 N–H and O–H groups in total. The molecule has 6 heteroatoms. The number of hydrogen-bond acceptors (Lipinski definition) is 5. The van der Waals surface area contributed by atoms with Gasteiger partial charge in [0.2, 0.25) is 0 Å². The van der Waals surface area contributed by atoms with Gasteiger partial charge >= 0.3 is 5.97 Å². The van der Waals surface area contributed by atoms with Crippen molar-refractivity contribution < 1.29 is 24.2 Å². The molecular formula is C17H17NO5. The molecule has 6 nitrogen and oxygen atoms in total. The largest absolute Gasteiger partial charge is 0.508 e. The van der Waals surface area contributed by atoms with Crippen LogP contribution >= 0.6 is 0 Å². The Bertz CT molecular complexity index is 640. The standard InChI is InChI=1S/C17H17NO5/c19-14-8-6-13(7-9-14)17(21)23-12-16(20)18-10-11-22-15-4-2-1-3-5-15/h1-9,19H,10-12H2,(H,18,20). The van der Waals surface area contributed by atoms with Gasteiger partial charge in [-0.15, -0.1) is 0 Å². The zero-order valence-electron chi connectivity index (χ0n) is 12.4. The molecule has 0 unspecified atom stereocenters. The topological polar surface area (TPSA) is 84.9 Å². The van der Waals surface area contributed by atoms with E-state index in [1.54, 1.807) is 0 Å². The first-order chi connectivity index (χ1) is 11.1. The van der Waals surface area contributed by atoms with E-state index in [1.807, 2.05) is 30.3 Å². The number of benzene rings is 2. The molecule has 120 valence electrons. The summed E-state index contributed by atoms with van der Waals surface area (Å²) < 4.78 is 10.3. The number of amides is 1. The second-order valence-corrected chi connectivity index (χ2v) is 4.63. The summed E-state index contributed by atoms with van der Waals surface area (Å²) in [6.45, 7) is 0.261. The third kappa shape index (κ3) is 5.70. The Balaban J connectivity index is 1.63. The SMILES string of the molecule is O=C(COC(=O)c1ccc(O)cc1)NCCOc1ccccc1. The molecule has 0 aliphatic rings. The van der Waals surface area contributed by atoms with E-state index < -0.39 is 11.9 Å². The van der Waals surface area contributed by atoms with Crippen molar-refractivity contribution >= 4 is 11.9 Å². The van der Waals surface area contributed by atoms with Crippen molar-refractivity contribution in [3.8, 4) is 11.5 Å². The normalized spacial score (nSPS) is 9.91. The number of ether oxygens (including phenoxy) is 2. The lowest BCUT2D eigenvalue weighted by Crippen LogP contribution is -2.32. The van der Waals surface area contributed by atoms with E-state index >= 15 is 0 Å². The predicted octanol–water partition coefficient (Wildman–Crippen LogP) is 1.74. The first-order valence-electron chi connectivity index (χ1n) is 7.06. The van der Waals surface area contributed by atoms with Crippen molar-refractivity contribution in [1.29, 1.82) is 0 Å². The van der Waals surface area contributed by atoms with Gasteiger partial charge < -0.3 is 19.9 Å². The smallest absolute Gasteiger partial charge is 0.338 e. The Hall–Kier alpha value is -3.02. The highest BCUT2D eigenvalue weighted by Crippen LogP contribution is 2.10. The zero-order chi connectivity index (χ0) is 16.5. The molecule has 2 rings (SSSR count). The van der Waals surface area contributed by atoms with Gasteiger partial charge in [-0.3, -0.25) is 4.79 Å². The average Bonchev–Trinajstić information content (AvgIpc) is 2.58. The number of phenols is 1. The van der Waals surface area contributed by atoms with Gasteiger partial charge in [-0.1, -0.05) is 18.2 Å². The quantitative estimate of drug-likeness (QED) is 0.600. The molecule has 0 bridgehead atoms. The van der Waals surface area contributed by atoms with Crippen molar-refractivity contribution in [3.05, 3.63) is 60.2 Å². The van der Waals surface area contributed by atoms with Crippen molar-refractivity contribution in [1.82, 2.24) is 5.32 Å². The number of phenolic OH excluding ortho intramolecular Hbond substituents is 1. The number of carbonyl (C=O) groups is 2. The van der Waals surface area contributed by atoms with Crippen molar-refractivity contribution in [2.45, 2.75) is 0 Å². The summed E-state index contributed by atoms with van der Waals surface area (Å²) in [6, 6.07) is 14.8. The van der Waals surface area contributed by atoms with Crippen LogP contribution in [0.5, 0.6) is 11.5 Å². The van der Waals surface area contributed by atoms with Crippen LogP contribution in [0, 0.1) is 0 Å². The number of hydrogen-bond donors (Lipinski definition) is 2. The summed E-state index contributed by atoms with van der Waals surface area (Å²) in [5, 5.41) is 11.7. The highest BCUT2D eigenvalue weighted by molar-refractivity contribution is 5.91. The fourth-order valence-corrected chi connectivity index (χ4v) is 1.74. The van der Waals surface area contributed by atoms with Gasteiger partial charge in [-0.05, 0) is 36.4 Å². The first-order valence-corrected chi connectivity index (χ1v) is 7.06. The maximum absolute atomic E-state index is 11.7. The molecule has 0 atom stereocenters. The Morgan fingerprint density at radius 1 is 1.00 bits per heavy atom. The van der Waals surface area contributed by atoms with Crippen molar-refractivity contribution in [3.63, 3.8) is 0 Å². The molecule has 0 saturated heterocycles. The summed E-state index contributed by atoms with van der Waals surface area (Å²) in [5.41, 5.74) is 0.267. The van der Waals surface area contributed by atoms with Crippen LogP contribution in [0.1, 0.15) is 10.4 Å². The van der Waals surface area contributed by atoms with Crippen molar-refractivity contribution in [2.24, 2.45) is 0 Å². The van der Waals surface area contributed by atoms with Gasteiger partial charge in [0.15, 0.2) is 6.61 Å². The average molecular weight is 315 g/mol. The highest BCUT2D eigenvalue weighted by atomic mass is 16.5. The van der Waals surface area contributed by atoms with E-state index in [1.165, 1.54) is 24.3 Å². The number of para-hydroxylation sites is 1. The lowest BCUT2D eigenvalue weighted by Gasteiger charge is -2.08. The summed E-state index contributed by atoms with van der Waals surface area (Å²) in [7, 11) is 0. The maximum atomic E-state index is 11.7. The van der Waals surface area contributed by atoms with Gasteiger partial charge in [0.1, 0.15) is 18.1 Å². The molecule has 0 saturated carbocycles. The van der Waals surface area contributed by atoms with Crippen molar-refractivity contribution in [2.75, 3.05) is 19.8 Å².